The molecule has 1 aromatic heterocycles. The second-order valence-electron chi connectivity index (χ2n) is 6.06. The summed E-state index contributed by atoms with van der Waals surface area (Å²) in [6.45, 7) is -0.239. The van der Waals surface area contributed by atoms with Gasteiger partial charge in [-0.05, 0) is 36.4 Å². The third kappa shape index (κ3) is 5.82. The van der Waals surface area contributed by atoms with Crippen molar-refractivity contribution in [1.82, 2.24) is 9.97 Å². The van der Waals surface area contributed by atoms with Gasteiger partial charge in [-0.2, -0.15) is 0 Å². The van der Waals surface area contributed by atoms with Crippen LogP contribution in [0.3, 0.4) is 0 Å². The molecule has 10 nitrogen and oxygen atoms in total. The van der Waals surface area contributed by atoms with E-state index in [1.165, 1.54) is 50.9 Å². The van der Waals surface area contributed by atoms with Gasteiger partial charge in [-0.3, -0.25) is 9.52 Å². The van der Waals surface area contributed by atoms with Crippen molar-refractivity contribution >= 4 is 27.4 Å². The monoisotopic (exact) mass is 444 g/mol. The standard InChI is InChI=1S/C20H20N4O6S/c1-28-16-5-3-4-6-17(16)30-12-19(25)23-14-7-9-15(10-8-14)31(26,27)24-18-11-20(29-2)22-13-21-18/h3-11,13H,12H2,1-2H3,(H,23,25)(H,21,22,24). The fraction of sp³-hybridized carbons (Fsp3) is 0.150. The van der Waals surface area contributed by atoms with Crippen LogP contribution in [0.15, 0.2) is 65.8 Å². The van der Waals surface area contributed by atoms with Crippen LogP contribution in [-0.2, 0) is 14.8 Å². The first-order valence-corrected chi connectivity index (χ1v) is 10.4. The lowest BCUT2D eigenvalue weighted by atomic mass is 10.3. The summed E-state index contributed by atoms with van der Waals surface area (Å²) in [5, 5.41) is 2.64. The van der Waals surface area contributed by atoms with Gasteiger partial charge < -0.3 is 19.5 Å². The molecule has 0 aliphatic heterocycles. The smallest absolute Gasteiger partial charge is 0.263 e. The van der Waals surface area contributed by atoms with Crippen LogP contribution < -0.4 is 24.2 Å². The number of carbonyl (C=O) groups is 1. The zero-order valence-electron chi connectivity index (χ0n) is 16.7. The maximum atomic E-state index is 12.5. The van der Waals surface area contributed by atoms with Crippen molar-refractivity contribution in [2.75, 3.05) is 30.9 Å². The molecule has 0 spiro atoms. The van der Waals surface area contributed by atoms with Crippen LogP contribution >= 0.6 is 0 Å². The summed E-state index contributed by atoms with van der Waals surface area (Å²) < 4.78 is 43.0. The fourth-order valence-electron chi connectivity index (χ4n) is 2.50. The van der Waals surface area contributed by atoms with Crippen LogP contribution in [0.2, 0.25) is 0 Å². The van der Waals surface area contributed by atoms with Gasteiger partial charge in [-0.15, -0.1) is 0 Å². The molecule has 0 atom stereocenters. The van der Waals surface area contributed by atoms with Gasteiger partial charge >= 0.3 is 0 Å². The Morgan fingerprint density at radius 2 is 1.68 bits per heavy atom. The molecule has 0 unspecified atom stereocenters. The number of sulfonamides is 1. The van der Waals surface area contributed by atoms with Gasteiger partial charge in [0, 0.05) is 11.8 Å². The first kappa shape index (κ1) is 21.8. The van der Waals surface area contributed by atoms with Gasteiger partial charge in [-0.1, -0.05) is 12.1 Å². The second-order valence-corrected chi connectivity index (χ2v) is 7.75. The van der Waals surface area contributed by atoms with E-state index in [0.717, 1.165) is 0 Å². The molecule has 0 aliphatic rings. The molecule has 162 valence electrons. The van der Waals surface area contributed by atoms with Crippen molar-refractivity contribution in [3.8, 4) is 17.4 Å². The fourth-order valence-corrected chi connectivity index (χ4v) is 3.50. The molecule has 0 radical (unpaired) electrons. The number of hydrogen-bond acceptors (Lipinski definition) is 8. The van der Waals surface area contributed by atoms with E-state index in [9.17, 15) is 13.2 Å². The summed E-state index contributed by atoms with van der Waals surface area (Å²) in [5.74, 6) is 0.833. The third-order valence-electron chi connectivity index (χ3n) is 3.97. The Bertz CT molecular complexity index is 1150. The summed E-state index contributed by atoms with van der Waals surface area (Å²) in [7, 11) is -0.965. The lowest BCUT2D eigenvalue weighted by Crippen LogP contribution is -2.20. The van der Waals surface area contributed by atoms with E-state index in [0.29, 0.717) is 17.2 Å². The number of benzene rings is 2. The minimum absolute atomic E-state index is 0.00616. The predicted molar refractivity (Wildman–Crippen MR) is 113 cm³/mol. The van der Waals surface area contributed by atoms with E-state index in [4.69, 9.17) is 14.2 Å². The van der Waals surface area contributed by atoms with Crippen LogP contribution in [-0.4, -0.2) is 45.1 Å². The number of nitrogens with one attached hydrogen (secondary N) is 2. The Kier molecular flexibility index (Phi) is 6.88. The number of aromatic nitrogens is 2. The molecule has 3 rings (SSSR count). The molecule has 11 heteroatoms. The Morgan fingerprint density at radius 1 is 0.968 bits per heavy atom. The Balaban J connectivity index is 1.60. The molecule has 2 aromatic carbocycles. The van der Waals surface area contributed by atoms with Gasteiger partial charge in [0.2, 0.25) is 5.88 Å². The average molecular weight is 444 g/mol. The lowest BCUT2D eigenvalue weighted by molar-refractivity contribution is -0.118. The highest BCUT2D eigenvalue weighted by Crippen LogP contribution is 2.25. The molecule has 0 saturated carbocycles. The quantitative estimate of drug-likeness (QED) is 0.514. The number of rotatable bonds is 9. The molecule has 1 amide bonds. The highest BCUT2D eigenvalue weighted by atomic mass is 32.2. The molecule has 2 N–H and O–H groups in total. The number of methoxy groups -OCH3 is 2. The van der Waals surface area contributed by atoms with Crippen LogP contribution in [0.25, 0.3) is 0 Å². The topological polar surface area (TPSA) is 129 Å². The van der Waals surface area contributed by atoms with Crippen LogP contribution in [0.4, 0.5) is 11.5 Å². The summed E-state index contributed by atoms with van der Waals surface area (Å²) >= 11 is 0. The van der Waals surface area contributed by atoms with E-state index >= 15 is 0 Å². The van der Waals surface area contributed by atoms with Crippen molar-refractivity contribution in [3.63, 3.8) is 0 Å². The highest BCUT2D eigenvalue weighted by molar-refractivity contribution is 7.92. The number of para-hydroxylation sites is 2. The van der Waals surface area contributed by atoms with E-state index < -0.39 is 15.9 Å². The van der Waals surface area contributed by atoms with Crippen LogP contribution in [0.1, 0.15) is 0 Å². The number of amides is 1. The maximum Gasteiger partial charge on any atom is 0.263 e. The van der Waals surface area contributed by atoms with E-state index in [-0.39, 0.29) is 23.2 Å². The summed E-state index contributed by atoms with van der Waals surface area (Å²) in [6.07, 6.45) is 1.18. The van der Waals surface area contributed by atoms with E-state index in [1.807, 2.05) is 0 Å². The minimum atomic E-state index is -3.88. The number of nitrogens with zero attached hydrogens (tertiary/aromatic N) is 2. The number of ether oxygens (including phenoxy) is 3. The molecular formula is C20H20N4O6S. The molecular weight excluding hydrogens is 424 g/mol. The summed E-state index contributed by atoms with van der Waals surface area (Å²) in [5.41, 5.74) is 0.413. The highest BCUT2D eigenvalue weighted by Gasteiger charge is 2.16. The van der Waals surface area contributed by atoms with Crippen molar-refractivity contribution < 1.29 is 27.4 Å². The van der Waals surface area contributed by atoms with Gasteiger partial charge in [0.1, 0.15) is 12.1 Å². The first-order valence-electron chi connectivity index (χ1n) is 8.96. The van der Waals surface area contributed by atoms with Gasteiger partial charge in [-0.25, -0.2) is 18.4 Å². The average Bonchev–Trinajstić information content (AvgIpc) is 2.78. The minimum Gasteiger partial charge on any atom is -0.493 e. The van der Waals surface area contributed by atoms with Crippen molar-refractivity contribution in [2.45, 2.75) is 4.90 Å². The largest absolute Gasteiger partial charge is 0.493 e. The molecule has 31 heavy (non-hydrogen) atoms. The van der Waals surface area contributed by atoms with Crippen molar-refractivity contribution in [2.24, 2.45) is 0 Å². The number of anilines is 2. The molecule has 0 aliphatic carbocycles. The zero-order chi connectivity index (χ0) is 22.3. The molecule has 3 aromatic rings. The molecule has 0 fully saturated rings. The first-order chi connectivity index (χ1) is 14.9. The Hall–Kier alpha value is -3.86. The molecule has 1 heterocycles. The Morgan fingerprint density at radius 3 is 2.35 bits per heavy atom. The van der Waals surface area contributed by atoms with E-state index in [1.54, 1.807) is 24.3 Å². The number of hydrogen-bond donors (Lipinski definition) is 2. The predicted octanol–water partition coefficient (Wildman–Crippen LogP) is 2.31. The third-order valence-corrected chi connectivity index (χ3v) is 5.34. The van der Waals surface area contributed by atoms with E-state index in [2.05, 4.69) is 20.0 Å². The SMILES string of the molecule is COc1cc(NS(=O)(=O)c2ccc(NC(=O)COc3ccccc3OC)cc2)ncn1. The van der Waals surface area contributed by atoms with Crippen LogP contribution in [0.5, 0.6) is 17.4 Å². The zero-order valence-corrected chi connectivity index (χ0v) is 17.5. The van der Waals surface area contributed by atoms with Gasteiger partial charge in [0.05, 0.1) is 19.1 Å². The van der Waals surface area contributed by atoms with Crippen LogP contribution in [0, 0.1) is 0 Å². The Labute approximate surface area is 179 Å². The molecule has 0 saturated heterocycles. The maximum absolute atomic E-state index is 12.5. The lowest BCUT2D eigenvalue weighted by Gasteiger charge is -2.11. The molecule has 0 bridgehead atoms. The van der Waals surface area contributed by atoms with Gasteiger partial charge in [0.15, 0.2) is 18.1 Å². The summed E-state index contributed by atoms with van der Waals surface area (Å²) in [6, 6.07) is 14.0. The second kappa shape index (κ2) is 9.76. The number of carbonyl (C=O) groups excluding carboxylic acids is 1. The van der Waals surface area contributed by atoms with Crippen molar-refractivity contribution in [1.29, 1.82) is 0 Å². The van der Waals surface area contributed by atoms with Crippen molar-refractivity contribution in [3.05, 3.63) is 60.9 Å². The summed E-state index contributed by atoms with van der Waals surface area (Å²) in [4.78, 5) is 19.8. The normalized spacial score (nSPS) is 10.8. The van der Waals surface area contributed by atoms with Gasteiger partial charge in [0.25, 0.3) is 15.9 Å².